The number of nitriles is 1. The van der Waals surface area contributed by atoms with E-state index in [4.69, 9.17) is 10.00 Å². The number of benzene rings is 2. The molecule has 1 amide bonds. The Morgan fingerprint density at radius 2 is 1.64 bits per heavy atom. The van der Waals surface area contributed by atoms with Crippen LogP contribution in [-0.4, -0.2) is 12.1 Å². The van der Waals surface area contributed by atoms with Crippen LogP contribution in [0.5, 0.6) is 0 Å². The highest BCUT2D eigenvalue weighted by molar-refractivity contribution is 5.68. The smallest absolute Gasteiger partial charge is 0.408 e. The normalized spacial score (nSPS) is 11.2. The minimum absolute atomic E-state index is 0.198. The fourth-order valence-electron chi connectivity index (χ4n) is 2.03. The molecular formula is C18H18N2O2. The topological polar surface area (TPSA) is 62.1 Å². The summed E-state index contributed by atoms with van der Waals surface area (Å²) in [4.78, 5) is 11.7. The number of nitrogens with one attached hydrogen (secondary N) is 1. The predicted octanol–water partition coefficient (Wildman–Crippen LogP) is 3.44. The summed E-state index contributed by atoms with van der Waals surface area (Å²) in [6.07, 6.45) is 0.724. The zero-order valence-electron chi connectivity index (χ0n) is 12.2. The van der Waals surface area contributed by atoms with Gasteiger partial charge < -0.3 is 10.1 Å². The molecule has 0 saturated carbocycles. The second kappa shape index (κ2) is 8.48. The van der Waals surface area contributed by atoms with E-state index < -0.39 is 12.1 Å². The number of ether oxygens (including phenoxy) is 1. The van der Waals surface area contributed by atoms with Crippen LogP contribution in [0.15, 0.2) is 60.7 Å². The molecule has 0 aliphatic carbocycles. The summed E-state index contributed by atoms with van der Waals surface area (Å²) in [7, 11) is 0. The fraction of sp³-hybridized carbons (Fsp3) is 0.222. The Morgan fingerprint density at radius 3 is 2.23 bits per heavy atom. The fourth-order valence-corrected chi connectivity index (χ4v) is 2.03. The molecule has 22 heavy (non-hydrogen) atoms. The van der Waals surface area contributed by atoms with Crippen molar-refractivity contribution >= 4 is 6.09 Å². The molecule has 0 aliphatic rings. The minimum atomic E-state index is -0.566. The van der Waals surface area contributed by atoms with Crippen molar-refractivity contribution in [3.8, 4) is 6.07 Å². The molecule has 0 aromatic heterocycles. The van der Waals surface area contributed by atoms with E-state index in [1.165, 1.54) is 0 Å². The van der Waals surface area contributed by atoms with Gasteiger partial charge in [0.25, 0.3) is 0 Å². The Balaban J connectivity index is 1.75. The van der Waals surface area contributed by atoms with E-state index in [0.717, 1.165) is 17.5 Å². The lowest BCUT2D eigenvalue weighted by Crippen LogP contribution is -2.34. The van der Waals surface area contributed by atoms with Gasteiger partial charge in [0.15, 0.2) is 0 Å². The highest BCUT2D eigenvalue weighted by Gasteiger charge is 2.12. The molecule has 0 unspecified atom stereocenters. The molecule has 2 aromatic carbocycles. The van der Waals surface area contributed by atoms with Crippen LogP contribution in [-0.2, 0) is 17.8 Å². The van der Waals surface area contributed by atoms with Crippen LogP contribution in [0.1, 0.15) is 17.5 Å². The van der Waals surface area contributed by atoms with Crippen LogP contribution >= 0.6 is 0 Å². The molecule has 2 aromatic rings. The SMILES string of the molecule is N#C[C@H](CCc1ccccc1)NC(=O)OCc1ccccc1. The van der Waals surface area contributed by atoms with Gasteiger partial charge in [-0.05, 0) is 24.0 Å². The van der Waals surface area contributed by atoms with Gasteiger partial charge in [-0.1, -0.05) is 60.7 Å². The van der Waals surface area contributed by atoms with E-state index in [2.05, 4.69) is 11.4 Å². The molecule has 112 valence electrons. The summed E-state index contributed by atoms with van der Waals surface area (Å²) >= 11 is 0. The maximum absolute atomic E-state index is 11.7. The van der Waals surface area contributed by atoms with Crippen molar-refractivity contribution in [3.63, 3.8) is 0 Å². The molecule has 2 rings (SSSR count). The molecule has 0 heterocycles. The lowest BCUT2D eigenvalue weighted by Gasteiger charge is -2.12. The molecule has 0 radical (unpaired) electrons. The Morgan fingerprint density at radius 1 is 1.05 bits per heavy atom. The van der Waals surface area contributed by atoms with Crippen molar-refractivity contribution in [2.45, 2.75) is 25.5 Å². The summed E-state index contributed by atoms with van der Waals surface area (Å²) in [5, 5.41) is 11.7. The summed E-state index contributed by atoms with van der Waals surface area (Å²) in [5.74, 6) is 0. The third kappa shape index (κ3) is 5.29. The number of nitrogens with zero attached hydrogens (tertiary/aromatic N) is 1. The van der Waals surface area contributed by atoms with E-state index in [1.807, 2.05) is 60.7 Å². The Bertz CT molecular complexity index is 621. The van der Waals surface area contributed by atoms with Crippen LogP contribution in [0, 0.1) is 11.3 Å². The number of carbonyl (C=O) groups is 1. The summed E-state index contributed by atoms with van der Waals surface area (Å²) in [5.41, 5.74) is 2.05. The second-order valence-electron chi connectivity index (χ2n) is 4.91. The van der Waals surface area contributed by atoms with Crippen molar-refractivity contribution in [3.05, 3.63) is 71.8 Å². The van der Waals surface area contributed by atoms with E-state index in [1.54, 1.807) is 0 Å². The first-order chi connectivity index (χ1) is 10.8. The first kappa shape index (κ1) is 15.6. The van der Waals surface area contributed by atoms with Gasteiger partial charge >= 0.3 is 6.09 Å². The second-order valence-corrected chi connectivity index (χ2v) is 4.91. The molecule has 1 atom stereocenters. The van der Waals surface area contributed by atoms with Crippen molar-refractivity contribution in [1.29, 1.82) is 5.26 Å². The van der Waals surface area contributed by atoms with E-state index in [0.29, 0.717) is 6.42 Å². The number of carbonyl (C=O) groups excluding carboxylic acids is 1. The van der Waals surface area contributed by atoms with Crippen molar-refractivity contribution in [2.24, 2.45) is 0 Å². The van der Waals surface area contributed by atoms with Gasteiger partial charge in [-0.15, -0.1) is 0 Å². The van der Waals surface area contributed by atoms with Crippen molar-refractivity contribution < 1.29 is 9.53 Å². The number of amides is 1. The van der Waals surface area contributed by atoms with Gasteiger partial charge in [-0.3, -0.25) is 0 Å². The molecule has 4 nitrogen and oxygen atoms in total. The first-order valence-electron chi connectivity index (χ1n) is 7.18. The van der Waals surface area contributed by atoms with Gasteiger partial charge in [0.2, 0.25) is 0 Å². The van der Waals surface area contributed by atoms with Crippen LogP contribution in [0.3, 0.4) is 0 Å². The molecular weight excluding hydrogens is 276 g/mol. The van der Waals surface area contributed by atoms with Gasteiger partial charge in [0.05, 0.1) is 6.07 Å². The zero-order valence-corrected chi connectivity index (χ0v) is 12.2. The number of hydrogen-bond acceptors (Lipinski definition) is 3. The maximum Gasteiger partial charge on any atom is 0.408 e. The standard InChI is InChI=1S/C18H18N2O2/c19-13-17(12-11-15-7-3-1-4-8-15)20-18(21)22-14-16-9-5-2-6-10-16/h1-10,17H,11-12,14H2,(H,20,21)/t17-/m0/s1. The number of rotatable bonds is 6. The van der Waals surface area contributed by atoms with Gasteiger partial charge in [-0.25, -0.2) is 4.79 Å². The molecule has 4 heteroatoms. The number of aryl methyl sites for hydroxylation is 1. The van der Waals surface area contributed by atoms with Crippen LogP contribution in [0.4, 0.5) is 4.79 Å². The van der Waals surface area contributed by atoms with Crippen LogP contribution < -0.4 is 5.32 Å². The zero-order chi connectivity index (χ0) is 15.6. The predicted molar refractivity (Wildman–Crippen MR) is 83.9 cm³/mol. The summed E-state index contributed by atoms with van der Waals surface area (Å²) in [6.45, 7) is 0.198. The average Bonchev–Trinajstić information content (AvgIpc) is 2.58. The third-order valence-corrected chi connectivity index (χ3v) is 3.23. The van der Waals surface area contributed by atoms with E-state index in [9.17, 15) is 4.79 Å². The summed E-state index contributed by atoms with van der Waals surface area (Å²) in [6, 6.07) is 20.8. The Labute approximate surface area is 130 Å². The molecule has 0 bridgehead atoms. The molecule has 0 fully saturated rings. The molecule has 1 N–H and O–H groups in total. The van der Waals surface area contributed by atoms with Crippen LogP contribution in [0.25, 0.3) is 0 Å². The van der Waals surface area contributed by atoms with E-state index in [-0.39, 0.29) is 6.61 Å². The summed E-state index contributed by atoms with van der Waals surface area (Å²) < 4.78 is 5.11. The lowest BCUT2D eigenvalue weighted by atomic mass is 10.1. The number of hydrogen-bond donors (Lipinski definition) is 1. The maximum atomic E-state index is 11.7. The lowest BCUT2D eigenvalue weighted by molar-refractivity contribution is 0.137. The Kier molecular flexibility index (Phi) is 6.01. The average molecular weight is 294 g/mol. The monoisotopic (exact) mass is 294 g/mol. The van der Waals surface area contributed by atoms with Gasteiger partial charge in [0, 0.05) is 0 Å². The van der Waals surface area contributed by atoms with Gasteiger partial charge in [0.1, 0.15) is 12.6 Å². The molecule has 0 saturated heterocycles. The molecule has 0 aliphatic heterocycles. The first-order valence-corrected chi connectivity index (χ1v) is 7.18. The highest BCUT2D eigenvalue weighted by atomic mass is 16.5. The third-order valence-electron chi connectivity index (χ3n) is 3.23. The Hall–Kier alpha value is -2.80. The van der Waals surface area contributed by atoms with Crippen molar-refractivity contribution in [1.82, 2.24) is 5.32 Å². The van der Waals surface area contributed by atoms with E-state index >= 15 is 0 Å². The van der Waals surface area contributed by atoms with Gasteiger partial charge in [-0.2, -0.15) is 5.26 Å². The highest BCUT2D eigenvalue weighted by Crippen LogP contribution is 2.05. The van der Waals surface area contributed by atoms with Crippen molar-refractivity contribution in [2.75, 3.05) is 0 Å². The number of alkyl carbamates (subject to hydrolysis) is 1. The minimum Gasteiger partial charge on any atom is -0.445 e. The largest absolute Gasteiger partial charge is 0.445 e. The molecule has 0 spiro atoms. The quantitative estimate of drug-likeness (QED) is 0.887. The van der Waals surface area contributed by atoms with Crippen LogP contribution in [0.2, 0.25) is 0 Å².